The van der Waals surface area contributed by atoms with E-state index in [9.17, 15) is 23.1 Å². The van der Waals surface area contributed by atoms with Crippen LogP contribution in [0, 0.1) is 0 Å². The first-order valence-electron chi connectivity index (χ1n) is 9.05. The number of nitrogens with zero attached hydrogens (tertiary/aromatic N) is 4. The van der Waals surface area contributed by atoms with Gasteiger partial charge in [0.1, 0.15) is 5.52 Å². The number of pyridine rings is 2. The van der Waals surface area contributed by atoms with Crippen LogP contribution >= 0.6 is 11.6 Å². The molecule has 6 nitrogen and oxygen atoms in total. The van der Waals surface area contributed by atoms with Crippen molar-refractivity contribution in [3.8, 4) is 22.5 Å². The summed E-state index contributed by atoms with van der Waals surface area (Å²) in [7, 11) is 0. The molecule has 0 spiro atoms. The van der Waals surface area contributed by atoms with Crippen LogP contribution in [0.1, 0.15) is 0 Å². The molecule has 4 rings (SSSR count). The summed E-state index contributed by atoms with van der Waals surface area (Å²) in [5, 5.41) is 9.96. The van der Waals surface area contributed by atoms with Gasteiger partial charge in [0.05, 0.1) is 29.6 Å². The third kappa shape index (κ3) is 4.28. The number of hydrogen-bond acceptors (Lipinski definition) is 5. The van der Waals surface area contributed by atoms with Crippen molar-refractivity contribution in [2.45, 2.75) is 18.8 Å². The van der Waals surface area contributed by atoms with E-state index < -0.39 is 24.4 Å². The van der Waals surface area contributed by atoms with Gasteiger partial charge in [-0.25, -0.2) is 9.97 Å². The molecule has 1 aromatic carbocycles. The SMILES string of the molecule is O=c1c2cc(-c3ccc(Cl)cc3)nc(-c3cccnc3)c2ncn1C[C@H](O)C(F)(F)F. The lowest BCUT2D eigenvalue weighted by molar-refractivity contribution is -0.207. The van der Waals surface area contributed by atoms with Gasteiger partial charge >= 0.3 is 6.18 Å². The van der Waals surface area contributed by atoms with E-state index in [1.54, 1.807) is 48.8 Å². The predicted molar refractivity (Wildman–Crippen MR) is 110 cm³/mol. The molecule has 0 fully saturated rings. The quantitative estimate of drug-likeness (QED) is 0.510. The number of fused-ring (bicyclic) bond motifs is 1. The lowest BCUT2D eigenvalue weighted by Gasteiger charge is -2.16. The van der Waals surface area contributed by atoms with Crippen molar-refractivity contribution in [1.82, 2.24) is 19.5 Å². The van der Waals surface area contributed by atoms with Gasteiger partial charge in [-0.2, -0.15) is 13.2 Å². The van der Waals surface area contributed by atoms with Gasteiger partial charge < -0.3 is 5.11 Å². The van der Waals surface area contributed by atoms with Crippen molar-refractivity contribution in [1.29, 1.82) is 0 Å². The van der Waals surface area contributed by atoms with Crippen molar-refractivity contribution in [2.24, 2.45) is 0 Å². The Morgan fingerprint density at radius 2 is 1.87 bits per heavy atom. The Morgan fingerprint density at radius 3 is 2.52 bits per heavy atom. The molecule has 0 saturated heterocycles. The second-order valence-electron chi connectivity index (χ2n) is 6.76. The normalized spacial score (nSPS) is 12.8. The van der Waals surface area contributed by atoms with Crippen LogP contribution in [-0.2, 0) is 6.54 Å². The molecule has 0 aliphatic rings. The minimum absolute atomic E-state index is 0.0654. The maximum Gasteiger partial charge on any atom is 0.416 e. The summed E-state index contributed by atoms with van der Waals surface area (Å²) < 4.78 is 39.0. The molecular weight excluding hydrogens is 433 g/mol. The first-order valence-corrected chi connectivity index (χ1v) is 9.43. The number of aliphatic hydroxyl groups excluding tert-OH is 1. The molecule has 0 radical (unpaired) electrons. The Morgan fingerprint density at radius 1 is 1.13 bits per heavy atom. The molecule has 3 heterocycles. The average Bonchev–Trinajstić information content (AvgIpc) is 2.75. The minimum Gasteiger partial charge on any atom is -0.382 e. The molecule has 0 bridgehead atoms. The Kier molecular flexibility index (Phi) is 5.47. The number of aliphatic hydroxyl groups is 1. The van der Waals surface area contributed by atoms with Crippen LogP contribution in [-0.4, -0.2) is 36.9 Å². The molecule has 3 aromatic heterocycles. The summed E-state index contributed by atoms with van der Waals surface area (Å²) in [5.41, 5.74) is 1.50. The Balaban J connectivity index is 1.94. The van der Waals surface area contributed by atoms with E-state index in [1.807, 2.05) is 0 Å². The van der Waals surface area contributed by atoms with Gasteiger partial charge in [0.15, 0.2) is 6.10 Å². The van der Waals surface area contributed by atoms with Gasteiger partial charge in [0, 0.05) is 28.5 Å². The third-order valence-corrected chi connectivity index (χ3v) is 4.88. The van der Waals surface area contributed by atoms with Gasteiger partial charge in [-0.1, -0.05) is 23.7 Å². The van der Waals surface area contributed by atoms with E-state index in [1.165, 1.54) is 6.07 Å². The second-order valence-corrected chi connectivity index (χ2v) is 7.20. The van der Waals surface area contributed by atoms with E-state index >= 15 is 0 Å². The number of benzene rings is 1. The highest BCUT2D eigenvalue weighted by Gasteiger charge is 2.38. The highest BCUT2D eigenvalue weighted by Crippen LogP contribution is 2.29. The van der Waals surface area contributed by atoms with Crippen LogP contribution < -0.4 is 5.56 Å². The molecule has 31 heavy (non-hydrogen) atoms. The van der Waals surface area contributed by atoms with Crippen LogP contribution in [0.2, 0.25) is 5.02 Å². The fourth-order valence-corrected chi connectivity index (χ4v) is 3.19. The van der Waals surface area contributed by atoms with Crippen LogP contribution in [0.25, 0.3) is 33.4 Å². The van der Waals surface area contributed by atoms with Crippen LogP contribution in [0.4, 0.5) is 13.2 Å². The van der Waals surface area contributed by atoms with Crippen molar-refractivity contribution in [3.05, 3.63) is 76.6 Å². The fraction of sp³-hybridized carbons (Fsp3) is 0.143. The van der Waals surface area contributed by atoms with E-state index in [0.29, 0.717) is 27.5 Å². The van der Waals surface area contributed by atoms with Crippen molar-refractivity contribution < 1.29 is 18.3 Å². The van der Waals surface area contributed by atoms with E-state index in [0.717, 1.165) is 10.9 Å². The average molecular weight is 447 g/mol. The molecule has 158 valence electrons. The Labute approximate surface area is 178 Å². The lowest BCUT2D eigenvalue weighted by Crippen LogP contribution is -2.36. The van der Waals surface area contributed by atoms with Crippen LogP contribution in [0.3, 0.4) is 0 Å². The first-order chi connectivity index (χ1) is 14.7. The van der Waals surface area contributed by atoms with E-state index in [4.69, 9.17) is 11.6 Å². The van der Waals surface area contributed by atoms with Gasteiger partial charge in [-0.3, -0.25) is 14.3 Å². The number of rotatable bonds is 4. The summed E-state index contributed by atoms with van der Waals surface area (Å²) in [4.78, 5) is 25.8. The first kappa shape index (κ1) is 21.0. The molecule has 0 amide bonds. The summed E-state index contributed by atoms with van der Waals surface area (Å²) >= 11 is 5.95. The second kappa shape index (κ2) is 8.09. The van der Waals surface area contributed by atoms with Crippen molar-refractivity contribution in [2.75, 3.05) is 0 Å². The smallest absolute Gasteiger partial charge is 0.382 e. The number of aromatic nitrogens is 4. The maximum atomic E-state index is 13.0. The standard InChI is InChI=1S/C21H14ClF3N4O2/c22-14-5-3-12(4-6-14)16-8-15-19(18(28-16)13-2-1-7-26-9-13)27-11-29(20(15)31)10-17(30)21(23,24)25/h1-9,11,17,30H,10H2/t17-/m0/s1. The molecule has 0 aliphatic carbocycles. The highest BCUT2D eigenvalue weighted by molar-refractivity contribution is 6.30. The Hall–Kier alpha value is -3.30. The minimum atomic E-state index is -4.86. The van der Waals surface area contributed by atoms with E-state index in [2.05, 4.69) is 15.0 Å². The molecule has 1 N–H and O–H groups in total. The highest BCUT2D eigenvalue weighted by atomic mass is 35.5. The number of halogens is 4. The predicted octanol–water partition coefficient (Wildman–Crippen LogP) is 4.10. The largest absolute Gasteiger partial charge is 0.416 e. The zero-order valence-electron chi connectivity index (χ0n) is 15.7. The summed E-state index contributed by atoms with van der Waals surface area (Å²) in [6, 6.07) is 11.6. The van der Waals surface area contributed by atoms with E-state index in [-0.39, 0.29) is 10.9 Å². The third-order valence-electron chi connectivity index (χ3n) is 4.63. The van der Waals surface area contributed by atoms with Crippen molar-refractivity contribution >= 4 is 22.5 Å². The lowest BCUT2D eigenvalue weighted by atomic mass is 10.1. The number of alkyl halides is 3. The summed E-state index contributed by atoms with van der Waals surface area (Å²) in [5.74, 6) is 0. The molecule has 1 atom stereocenters. The summed E-state index contributed by atoms with van der Waals surface area (Å²) in [6.45, 7) is -0.966. The summed E-state index contributed by atoms with van der Waals surface area (Å²) in [6.07, 6.45) is -3.45. The molecular formula is C21H14ClF3N4O2. The maximum absolute atomic E-state index is 13.0. The van der Waals surface area contributed by atoms with Crippen molar-refractivity contribution in [3.63, 3.8) is 0 Å². The zero-order chi connectivity index (χ0) is 22.2. The topological polar surface area (TPSA) is 80.9 Å². The number of hydrogen-bond donors (Lipinski definition) is 1. The Bertz CT molecular complexity index is 1290. The van der Waals surface area contributed by atoms with Gasteiger partial charge in [-0.05, 0) is 30.3 Å². The van der Waals surface area contributed by atoms with Gasteiger partial charge in [0.25, 0.3) is 5.56 Å². The monoisotopic (exact) mass is 446 g/mol. The zero-order valence-corrected chi connectivity index (χ0v) is 16.5. The molecule has 0 unspecified atom stereocenters. The van der Waals surface area contributed by atoms with Crippen LogP contribution in [0.15, 0.2) is 66.0 Å². The molecule has 0 aliphatic heterocycles. The van der Waals surface area contributed by atoms with Gasteiger partial charge in [-0.15, -0.1) is 0 Å². The molecule has 4 aromatic rings. The molecule has 0 saturated carbocycles. The fourth-order valence-electron chi connectivity index (χ4n) is 3.06. The van der Waals surface area contributed by atoms with Gasteiger partial charge in [0.2, 0.25) is 0 Å². The van der Waals surface area contributed by atoms with Crippen LogP contribution in [0.5, 0.6) is 0 Å². The molecule has 10 heteroatoms.